The minimum atomic E-state index is 0.000361. The van der Waals surface area contributed by atoms with Crippen LogP contribution in [0.4, 0.5) is 0 Å². The zero-order valence-electron chi connectivity index (χ0n) is 13.3. The van der Waals surface area contributed by atoms with E-state index in [4.69, 9.17) is 0 Å². The number of amides is 1. The molecule has 0 radical (unpaired) electrons. The molecule has 1 fully saturated rings. The zero-order chi connectivity index (χ0) is 16.4. The third kappa shape index (κ3) is 2.73. The Balaban J connectivity index is 1.62. The lowest BCUT2D eigenvalue weighted by atomic mass is 9.94. The van der Waals surface area contributed by atoms with Gasteiger partial charge in [-0.2, -0.15) is 0 Å². The molecule has 5 heteroatoms. The van der Waals surface area contributed by atoms with Crippen molar-refractivity contribution in [1.29, 1.82) is 0 Å². The van der Waals surface area contributed by atoms with E-state index >= 15 is 0 Å². The molecular formula is C19H18N4O. The van der Waals surface area contributed by atoms with E-state index in [1.165, 1.54) is 0 Å². The molecule has 0 N–H and O–H groups in total. The Kier molecular flexibility index (Phi) is 3.91. The largest absolute Gasteiger partial charge is 0.337 e. The van der Waals surface area contributed by atoms with Crippen molar-refractivity contribution in [1.82, 2.24) is 19.9 Å². The lowest BCUT2D eigenvalue weighted by Crippen LogP contribution is -2.39. The fourth-order valence-corrected chi connectivity index (χ4v) is 3.36. The second kappa shape index (κ2) is 6.35. The van der Waals surface area contributed by atoms with Gasteiger partial charge in [0.2, 0.25) is 0 Å². The van der Waals surface area contributed by atoms with Gasteiger partial charge >= 0.3 is 0 Å². The summed E-state index contributed by atoms with van der Waals surface area (Å²) in [6.45, 7) is 1.43. The minimum Gasteiger partial charge on any atom is -0.337 e. The number of carbonyl (C=O) groups excluding carboxylic acids is 1. The maximum atomic E-state index is 13.0. The second-order valence-electron chi connectivity index (χ2n) is 6.10. The molecule has 0 saturated carbocycles. The number of rotatable bonds is 2. The highest BCUT2D eigenvalue weighted by Gasteiger charge is 2.27. The summed E-state index contributed by atoms with van der Waals surface area (Å²) >= 11 is 0. The maximum Gasteiger partial charge on any atom is 0.273 e. The number of fused-ring (bicyclic) bond motifs is 1. The molecule has 0 aliphatic carbocycles. The molecule has 0 unspecified atom stereocenters. The molecule has 4 rings (SSSR count). The van der Waals surface area contributed by atoms with E-state index in [1.807, 2.05) is 35.2 Å². The van der Waals surface area contributed by atoms with Crippen molar-refractivity contribution in [2.75, 3.05) is 13.1 Å². The summed E-state index contributed by atoms with van der Waals surface area (Å²) in [5.74, 6) is 0.242. The van der Waals surface area contributed by atoms with Crippen LogP contribution in [0.3, 0.4) is 0 Å². The van der Waals surface area contributed by atoms with Crippen LogP contribution < -0.4 is 0 Å². The number of hydrogen-bond donors (Lipinski definition) is 0. The SMILES string of the molecule is O=C(c1nccc2ccccc12)N1CCC[C@@H](c2cnccn2)C1. The molecule has 1 atom stereocenters. The average molecular weight is 318 g/mol. The molecule has 24 heavy (non-hydrogen) atoms. The molecule has 1 saturated heterocycles. The predicted octanol–water partition coefficient (Wildman–Crippen LogP) is 3.04. The van der Waals surface area contributed by atoms with Gasteiger partial charge in [-0.1, -0.05) is 24.3 Å². The average Bonchev–Trinajstić information content (AvgIpc) is 2.68. The summed E-state index contributed by atoms with van der Waals surface area (Å²) in [6.07, 6.45) is 8.90. The molecule has 3 aromatic rings. The Hall–Kier alpha value is -2.82. The number of pyridine rings is 1. The van der Waals surface area contributed by atoms with Crippen molar-refractivity contribution in [3.63, 3.8) is 0 Å². The van der Waals surface area contributed by atoms with Gasteiger partial charge < -0.3 is 4.90 Å². The van der Waals surface area contributed by atoms with E-state index in [2.05, 4.69) is 15.0 Å². The first-order valence-electron chi connectivity index (χ1n) is 8.22. The number of likely N-dealkylation sites (tertiary alicyclic amines) is 1. The number of benzene rings is 1. The van der Waals surface area contributed by atoms with Gasteiger partial charge in [0.25, 0.3) is 5.91 Å². The fourth-order valence-electron chi connectivity index (χ4n) is 3.36. The van der Waals surface area contributed by atoms with Gasteiger partial charge in [0.05, 0.1) is 5.69 Å². The van der Waals surface area contributed by atoms with Crippen LogP contribution in [0.5, 0.6) is 0 Å². The van der Waals surface area contributed by atoms with Gasteiger partial charge in [-0.25, -0.2) is 0 Å². The summed E-state index contributed by atoms with van der Waals surface area (Å²) in [7, 11) is 0. The normalized spacial score (nSPS) is 17.8. The molecule has 1 aliphatic heterocycles. The van der Waals surface area contributed by atoms with Crippen LogP contribution in [-0.4, -0.2) is 38.8 Å². The standard InChI is InChI=1S/C19H18N4O/c24-19(18-16-6-2-1-4-14(16)7-8-22-18)23-11-3-5-15(13-23)17-12-20-9-10-21-17/h1-2,4,6-10,12,15H,3,5,11,13H2/t15-/m1/s1. The summed E-state index contributed by atoms with van der Waals surface area (Å²) in [5.41, 5.74) is 1.49. The number of carbonyl (C=O) groups is 1. The molecular weight excluding hydrogens is 300 g/mol. The number of aromatic nitrogens is 3. The van der Waals surface area contributed by atoms with Crippen LogP contribution in [0, 0.1) is 0 Å². The quantitative estimate of drug-likeness (QED) is 0.728. The Morgan fingerprint density at radius 2 is 2.00 bits per heavy atom. The topological polar surface area (TPSA) is 59.0 Å². The van der Waals surface area contributed by atoms with Crippen LogP contribution in [0.15, 0.2) is 55.1 Å². The van der Waals surface area contributed by atoms with Crippen LogP contribution in [0.2, 0.25) is 0 Å². The first kappa shape index (κ1) is 14.8. The van der Waals surface area contributed by atoms with Crippen molar-refractivity contribution in [2.45, 2.75) is 18.8 Å². The van der Waals surface area contributed by atoms with Gasteiger partial charge in [0, 0.05) is 49.2 Å². The molecule has 0 bridgehead atoms. The van der Waals surface area contributed by atoms with Gasteiger partial charge in [-0.05, 0) is 24.3 Å². The molecule has 1 aliphatic rings. The van der Waals surface area contributed by atoms with E-state index in [-0.39, 0.29) is 11.8 Å². The predicted molar refractivity (Wildman–Crippen MR) is 91.7 cm³/mol. The lowest BCUT2D eigenvalue weighted by Gasteiger charge is -2.32. The van der Waals surface area contributed by atoms with Crippen molar-refractivity contribution in [2.24, 2.45) is 0 Å². The van der Waals surface area contributed by atoms with Crippen molar-refractivity contribution >= 4 is 16.7 Å². The highest BCUT2D eigenvalue weighted by Crippen LogP contribution is 2.27. The summed E-state index contributed by atoms with van der Waals surface area (Å²) in [4.78, 5) is 27.8. The van der Waals surface area contributed by atoms with E-state index in [0.717, 1.165) is 35.9 Å². The van der Waals surface area contributed by atoms with Crippen molar-refractivity contribution in [3.8, 4) is 0 Å². The second-order valence-corrected chi connectivity index (χ2v) is 6.10. The number of nitrogens with zero attached hydrogens (tertiary/aromatic N) is 4. The van der Waals surface area contributed by atoms with Gasteiger partial charge in [0.1, 0.15) is 5.69 Å². The smallest absolute Gasteiger partial charge is 0.273 e. The molecule has 3 heterocycles. The van der Waals surface area contributed by atoms with Crippen molar-refractivity contribution < 1.29 is 4.79 Å². The first-order chi connectivity index (χ1) is 11.8. The highest BCUT2D eigenvalue weighted by molar-refractivity contribution is 6.05. The minimum absolute atomic E-state index is 0.000361. The summed E-state index contributed by atoms with van der Waals surface area (Å²) < 4.78 is 0. The Morgan fingerprint density at radius 1 is 1.08 bits per heavy atom. The maximum absolute atomic E-state index is 13.0. The molecule has 120 valence electrons. The van der Waals surface area contributed by atoms with E-state index in [1.54, 1.807) is 24.8 Å². The third-order valence-electron chi connectivity index (χ3n) is 4.59. The Morgan fingerprint density at radius 3 is 2.88 bits per heavy atom. The van der Waals surface area contributed by atoms with Crippen LogP contribution in [0.25, 0.3) is 10.8 Å². The van der Waals surface area contributed by atoms with Crippen LogP contribution in [0.1, 0.15) is 34.9 Å². The molecule has 1 aromatic carbocycles. The fraction of sp³-hybridized carbons (Fsp3) is 0.263. The van der Waals surface area contributed by atoms with E-state index < -0.39 is 0 Å². The lowest BCUT2D eigenvalue weighted by molar-refractivity contribution is 0.0702. The van der Waals surface area contributed by atoms with Crippen LogP contribution >= 0.6 is 0 Å². The van der Waals surface area contributed by atoms with Gasteiger partial charge in [-0.3, -0.25) is 19.7 Å². The summed E-state index contributed by atoms with van der Waals surface area (Å²) in [6, 6.07) is 9.82. The van der Waals surface area contributed by atoms with Gasteiger partial charge in [0.15, 0.2) is 0 Å². The van der Waals surface area contributed by atoms with E-state index in [9.17, 15) is 4.79 Å². The van der Waals surface area contributed by atoms with Gasteiger partial charge in [-0.15, -0.1) is 0 Å². The van der Waals surface area contributed by atoms with E-state index in [0.29, 0.717) is 12.2 Å². The highest BCUT2D eigenvalue weighted by atomic mass is 16.2. The number of piperidine rings is 1. The molecule has 2 aromatic heterocycles. The number of hydrogen-bond acceptors (Lipinski definition) is 4. The Bertz CT molecular complexity index is 860. The molecule has 0 spiro atoms. The van der Waals surface area contributed by atoms with Crippen LogP contribution in [-0.2, 0) is 0 Å². The molecule has 1 amide bonds. The van der Waals surface area contributed by atoms with Crippen molar-refractivity contribution in [3.05, 3.63) is 66.5 Å². The first-order valence-corrected chi connectivity index (χ1v) is 8.22. The zero-order valence-corrected chi connectivity index (χ0v) is 13.3. The summed E-state index contributed by atoms with van der Waals surface area (Å²) in [5, 5.41) is 1.95. The third-order valence-corrected chi connectivity index (χ3v) is 4.59. The monoisotopic (exact) mass is 318 g/mol. The Labute approximate surface area is 140 Å². The molecule has 5 nitrogen and oxygen atoms in total.